The highest BCUT2D eigenvalue weighted by Gasteiger charge is 2.20. The largest absolute Gasteiger partial charge is 0.491 e. The zero-order valence-electron chi connectivity index (χ0n) is 13.6. The monoisotopic (exact) mass is 302 g/mol. The average molecular weight is 302 g/mol. The van der Waals surface area contributed by atoms with Crippen LogP contribution in [0, 0.1) is 23.2 Å². The van der Waals surface area contributed by atoms with Crippen molar-refractivity contribution in [3.63, 3.8) is 0 Å². The molecule has 1 heterocycles. The van der Waals surface area contributed by atoms with E-state index in [-0.39, 0.29) is 0 Å². The summed E-state index contributed by atoms with van der Waals surface area (Å²) in [6.07, 6.45) is 1.34. The molecule has 4 heteroatoms. The van der Waals surface area contributed by atoms with Gasteiger partial charge in [-0.15, -0.1) is 0 Å². The minimum atomic E-state index is 0.540. The van der Waals surface area contributed by atoms with Crippen LogP contribution in [-0.2, 0) is 4.74 Å². The SMILES string of the molecule is C[C@H]1C[C@H](C)CN(CCOCCOc2ccc(C#N)cc2)C1. The number of likely N-dealkylation sites (tertiary alicyclic amines) is 1. The third-order valence-corrected chi connectivity index (χ3v) is 3.98. The molecule has 1 aromatic carbocycles. The Balaban J connectivity index is 1.54. The highest BCUT2D eigenvalue weighted by atomic mass is 16.5. The molecule has 0 radical (unpaired) electrons. The summed E-state index contributed by atoms with van der Waals surface area (Å²) in [7, 11) is 0. The number of hydrogen-bond acceptors (Lipinski definition) is 4. The molecule has 0 amide bonds. The van der Waals surface area contributed by atoms with Crippen LogP contribution in [0.4, 0.5) is 0 Å². The van der Waals surface area contributed by atoms with Gasteiger partial charge in [-0.2, -0.15) is 5.26 Å². The van der Waals surface area contributed by atoms with Crippen molar-refractivity contribution in [3.8, 4) is 11.8 Å². The molecule has 0 unspecified atom stereocenters. The van der Waals surface area contributed by atoms with E-state index in [9.17, 15) is 0 Å². The van der Waals surface area contributed by atoms with Crippen molar-refractivity contribution < 1.29 is 9.47 Å². The van der Waals surface area contributed by atoms with Crippen molar-refractivity contribution >= 4 is 0 Å². The molecule has 1 fully saturated rings. The maximum absolute atomic E-state index is 8.73. The number of benzene rings is 1. The zero-order chi connectivity index (χ0) is 15.8. The summed E-state index contributed by atoms with van der Waals surface area (Å²) in [6.45, 7) is 9.94. The van der Waals surface area contributed by atoms with Crippen molar-refractivity contribution in [2.24, 2.45) is 11.8 Å². The van der Waals surface area contributed by atoms with Crippen LogP contribution in [0.5, 0.6) is 5.75 Å². The van der Waals surface area contributed by atoms with Gasteiger partial charge in [-0.3, -0.25) is 0 Å². The van der Waals surface area contributed by atoms with Gasteiger partial charge in [0.2, 0.25) is 0 Å². The van der Waals surface area contributed by atoms with Crippen molar-refractivity contribution in [1.29, 1.82) is 5.26 Å². The number of rotatable bonds is 7. The number of piperidine rings is 1. The van der Waals surface area contributed by atoms with E-state index in [4.69, 9.17) is 14.7 Å². The first-order chi connectivity index (χ1) is 10.7. The summed E-state index contributed by atoms with van der Waals surface area (Å²) in [6, 6.07) is 9.24. The number of ether oxygens (including phenoxy) is 2. The van der Waals surface area contributed by atoms with Gasteiger partial charge in [0.25, 0.3) is 0 Å². The van der Waals surface area contributed by atoms with Gasteiger partial charge < -0.3 is 14.4 Å². The fraction of sp³-hybridized carbons (Fsp3) is 0.611. The van der Waals surface area contributed by atoms with Crippen molar-refractivity contribution in [3.05, 3.63) is 29.8 Å². The van der Waals surface area contributed by atoms with Gasteiger partial charge in [-0.05, 0) is 42.5 Å². The molecule has 0 aromatic heterocycles. The lowest BCUT2D eigenvalue weighted by molar-refractivity contribution is 0.0595. The Morgan fingerprint density at radius 2 is 1.77 bits per heavy atom. The van der Waals surface area contributed by atoms with Crippen LogP contribution in [0.3, 0.4) is 0 Å². The van der Waals surface area contributed by atoms with Gasteiger partial charge in [0.05, 0.1) is 24.8 Å². The van der Waals surface area contributed by atoms with E-state index >= 15 is 0 Å². The minimum Gasteiger partial charge on any atom is -0.491 e. The second-order valence-corrected chi connectivity index (χ2v) is 6.30. The fourth-order valence-electron chi connectivity index (χ4n) is 3.11. The van der Waals surface area contributed by atoms with Gasteiger partial charge in [-0.25, -0.2) is 0 Å². The van der Waals surface area contributed by atoms with E-state index in [1.807, 2.05) is 12.1 Å². The van der Waals surface area contributed by atoms with E-state index in [1.165, 1.54) is 19.5 Å². The number of hydrogen-bond donors (Lipinski definition) is 0. The molecule has 1 aliphatic rings. The van der Waals surface area contributed by atoms with Gasteiger partial charge in [0.15, 0.2) is 0 Å². The van der Waals surface area contributed by atoms with Crippen molar-refractivity contribution in [1.82, 2.24) is 4.90 Å². The second-order valence-electron chi connectivity index (χ2n) is 6.30. The van der Waals surface area contributed by atoms with Crippen LogP contribution in [0.1, 0.15) is 25.8 Å². The Bertz CT molecular complexity index is 471. The molecular formula is C18H26N2O2. The first kappa shape index (κ1) is 16.8. The third kappa shape index (κ3) is 5.67. The molecule has 1 aromatic rings. The van der Waals surface area contributed by atoms with Gasteiger partial charge in [-0.1, -0.05) is 13.8 Å². The molecule has 120 valence electrons. The molecule has 1 aliphatic heterocycles. The molecule has 0 bridgehead atoms. The van der Waals surface area contributed by atoms with Crippen LogP contribution in [0.15, 0.2) is 24.3 Å². The first-order valence-corrected chi connectivity index (χ1v) is 8.10. The van der Waals surface area contributed by atoms with Crippen molar-refractivity contribution in [2.75, 3.05) is 39.5 Å². The predicted molar refractivity (Wildman–Crippen MR) is 86.9 cm³/mol. The van der Waals surface area contributed by atoms with Gasteiger partial charge in [0, 0.05) is 19.6 Å². The molecular weight excluding hydrogens is 276 g/mol. The standard InChI is InChI=1S/C18H26N2O2/c1-15-11-16(2)14-20(13-15)7-8-21-9-10-22-18-5-3-17(12-19)4-6-18/h3-6,15-16H,7-11,13-14H2,1-2H3/t15-,16-/m0/s1. The molecule has 4 nitrogen and oxygen atoms in total. The van der Waals surface area contributed by atoms with E-state index < -0.39 is 0 Å². The molecule has 0 N–H and O–H groups in total. The van der Waals surface area contributed by atoms with Crippen LogP contribution in [0.2, 0.25) is 0 Å². The maximum Gasteiger partial charge on any atom is 0.119 e. The van der Waals surface area contributed by atoms with Crippen molar-refractivity contribution in [2.45, 2.75) is 20.3 Å². The Morgan fingerprint density at radius 1 is 1.09 bits per heavy atom. The summed E-state index contributed by atoms with van der Waals surface area (Å²) in [4.78, 5) is 2.50. The number of nitriles is 1. The second kappa shape index (κ2) is 8.77. The normalized spacial score (nSPS) is 22.2. The average Bonchev–Trinajstić information content (AvgIpc) is 2.50. The van der Waals surface area contributed by atoms with Crippen LogP contribution in [0.25, 0.3) is 0 Å². The van der Waals surface area contributed by atoms with E-state index in [1.54, 1.807) is 12.1 Å². The quantitative estimate of drug-likeness (QED) is 0.727. The van der Waals surface area contributed by atoms with Crippen LogP contribution < -0.4 is 4.74 Å². The topological polar surface area (TPSA) is 45.5 Å². The summed E-state index contributed by atoms with van der Waals surface area (Å²) < 4.78 is 11.2. The predicted octanol–water partition coefficient (Wildman–Crippen LogP) is 2.93. The zero-order valence-corrected chi connectivity index (χ0v) is 13.6. The first-order valence-electron chi connectivity index (χ1n) is 8.10. The Kier molecular flexibility index (Phi) is 6.70. The number of nitrogens with zero attached hydrogens (tertiary/aromatic N) is 2. The third-order valence-electron chi connectivity index (χ3n) is 3.98. The maximum atomic E-state index is 8.73. The van der Waals surface area contributed by atoms with Gasteiger partial charge in [0.1, 0.15) is 12.4 Å². The summed E-state index contributed by atoms with van der Waals surface area (Å²) in [5.74, 6) is 2.37. The summed E-state index contributed by atoms with van der Waals surface area (Å²) in [5.41, 5.74) is 0.647. The van der Waals surface area contributed by atoms with Crippen LogP contribution >= 0.6 is 0 Å². The molecule has 0 spiro atoms. The molecule has 22 heavy (non-hydrogen) atoms. The Hall–Kier alpha value is -1.57. The molecule has 2 atom stereocenters. The summed E-state index contributed by atoms with van der Waals surface area (Å²) >= 11 is 0. The highest BCUT2D eigenvalue weighted by molar-refractivity contribution is 5.34. The molecule has 2 rings (SSSR count). The van der Waals surface area contributed by atoms with Crippen LogP contribution in [-0.4, -0.2) is 44.4 Å². The minimum absolute atomic E-state index is 0.540. The Labute approximate surface area is 133 Å². The molecule has 0 saturated carbocycles. The smallest absolute Gasteiger partial charge is 0.119 e. The fourth-order valence-corrected chi connectivity index (χ4v) is 3.11. The lowest BCUT2D eigenvalue weighted by Gasteiger charge is -2.34. The molecule has 1 saturated heterocycles. The lowest BCUT2D eigenvalue weighted by Crippen LogP contribution is -2.40. The lowest BCUT2D eigenvalue weighted by atomic mass is 9.92. The molecule has 0 aliphatic carbocycles. The highest BCUT2D eigenvalue weighted by Crippen LogP contribution is 2.20. The van der Waals surface area contributed by atoms with E-state index in [0.717, 1.165) is 30.7 Å². The Morgan fingerprint density at radius 3 is 2.41 bits per heavy atom. The van der Waals surface area contributed by atoms with E-state index in [2.05, 4.69) is 24.8 Å². The summed E-state index contributed by atoms with van der Waals surface area (Å²) in [5, 5.41) is 8.73. The van der Waals surface area contributed by atoms with Gasteiger partial charge >= 0.3 is 0 Å². The van der Waals surface area contributed by atoms with E-state index in [0.29, 0.717) is 18.8 Å².